The Morgan fingerprint density at radius 2 is 0.688 bits per heavy atom. The summed E-state index contributed by atoms with van der Waals surface area (Å²) in [7, 11) is 0. The summed E-state index contributed by atoms with van der Waals surface area (Å²) in [6, 6.07) is 0. The monoisotopic (exact) mass is 887 g/mol. The first-order valence-electron chi connectivity index (χ1n) is 25.9. The highest BCUT2D eigenvalue weighted by Crippen LogP contribution is 2.13. The zero-order valence-corrected chi connectivity index (χ0v) is 41.3. The molecule has 0 heterocycles. The van der Waals surface area contributed by atoms with Crippen molar-refractivity contribution < 1.29 is 28.6 Å². The first-order chi connectivity index (χ1) is 31.5. The third-order valence-electron chi connectivity index (χ3n) is 10.5. The van der Waals surface area contributed by atoms with Crippen LogP contribution in [0.2, 0.25) is 0 Å². The van der Waals surface area contributed by atoms with E-state index in [2.05, 4.69) is 118 Å². The Hall–Kier alpha value is -3.93. The lowest BCUT2D eigenvalue weighted by molar-refractivity contribution is -0.166. The van der Waals surface area contributed by atoms with E-state index < -0.39 is 6.10 Å². The summed E-state index contributed by atoms with van der Waals surface area (Å²) < 4.78 is 16.7. The topological polar surface area (TPSA) is 78.9 Å². The van der Waals surface area contributed by atoms with Gasteiger partial charge in [0.1, 0.15) is 13.2 Å². The number of carbonyl (C=O) groups excluding carboxylic acids is 3. The number of esters is 3. The average molecular weight is 887 g/mol. The van der Waals surface area contributed by atoms with Crippen LogP contribution in [-0.4, -0.2) is 37.2 Å². The van der Waals surface area contributed by atoms with Crippen LogP contribution in [0.4, 0.5) is 0 Å². The van der Waals surface area contributed by atoms with Crippen LogP contribution in [0.1, 0.15) is 220 Å². The van der Waals surface area contributed by atoms with E-state index in [1.165, 1.54) is 64.2 Å². The van der Waals surface area contributed by atoms with Crippen molar-refractivity contribution in [3.8, 4) is 0 Å². The van der Waals surface area contributed by atoms with Crippen molar-refractivity contribution in [2.45, 2.75) is 226 Å². The van der Waals surface area contributed by atoms with E-state index in [0.29, 0.717) is 19.3 Å². The predicted octanol–water partition coefficient (Wildman–Crippen LogP) is 17.1. The summed E-state index contributed by atoms with van der Waals surface area (Å²) in [4.78, 5) is 37.9. The van der Waals surface area contributed by atoms with Gasteiger partial charge in [0.25, 0.3) is 0 Å². The minimum Gasteiger partial charge on any atom is -0.462 e. The SMILES string of the molecule is CC/C=C\C/C=C\C/C=C\C/C=C\C/C=C\C/C=C\CCC(=O)OCC(COC(=O)CCCCCCC/C=C\CCCCC)OC(=O)CCCCCCCC/C=C\C=C/CCCCC. The maximum absolute atomic E-state index is 12.8. The molecule has 0 N–H and O–H groups in total. The molecule has 0 aliphatic heterocycles. The molecule has 0 saturated heterocycles. The van der Waals surface area contributed by atoms with Crippen LogP contribution < -0.4 is 0 Å². The van der Waals surface area contributed by atoms with E-state index in [0.717, 1.165) is 109 Å². The first kappa shape index (κ1) is 60.1. The second kappa shape index (κ2) is 51.7. The summed E-state index contributed by atoms with van der Waals surface area (Å²) >= 11 is 0. The fourth-order valence-corrected chi connectivity index (χ4v) is 6.63. The van der Waals surface area contributed by atoms with E-state index in [4.69, 9.17) is 14.2 Å². The number of carbonyl (C=O) groups is 3. The Morgan fingerprint density at radius 1 is 0.344 bits per heavy atom. The molecule has 0 fully saturated rings. The number of hydrogen-bond acceptors (Lipinski definition) is 6. The molecule has 6 nitrogen and oxygen atoms in total. The molecule has 0 aliphatic rings. The van der Waals surface area contributed by atoms with Crippen LogP contribution in [0.25, 0.3) is 0 Å². The molecule has 6 heteroatoms. The van der Waals surface area contributed by atoms with Crippen LogP contribution >= 0.6 is 0 Å². The highest BCUT2D eigenvalue weighted by molar-refractivity contribution is 5.71. The number of hydrogen-bond donors (Lipinski definition) is 0. The van der Waals surface area contributed by atoms with Gasteiger partial charge in [0.2, 0.25) is 0 Å². The van der Waals surface area contributed by atoms with Gasteiger partial charge in [-0.1, -0.05) is 201 Å². The third kappa shape index (κ3) is 49.1. The van der Waals surface area contributed by atoms with Crippen LogP contribution in [-0.2, 0) is 28.6 Å². The summed E-state index contributed by atoms with van der Waals surface area (Å²) in [6.07, 6.45) is 69.4. The molecule has 0 radical (unpaired) electrons. The second-order valence-corrected chi connectivity index (χ2v) is 16.7. The molecule has 0 aromatic rings. The van der Waals surface area contributed by atoms with Crippen molar-refractivity contribution in [1.82, 2.24) is 0 Å². The molecule has 0 aromatic carbocycles. The molecular weight excluding hydrogens is 793 g/mol. The Kier molecular flexibility index (Phi) is 48.5. The zero-order chi connectivity index (χ0) is 46.5. The van der Waals surface area contributed by atoms with Crippen molar-refractivity contribution in [3.63, 3.8) is 0 Å². The van der Waals surface area contributed by atoms with Gasteiger partial charge in [0.15, 0.2) is 6.10 Å². The largest absolute Gasteiger partial charge is 0.462 e. The maximum atomic E-state index is 12.8. The molecule has 362 valence electrons. The minimum atomic E-state index is -0.819. The van der Waals surface area contributed by atoms with Crippen molar-refractivity contribution in [1.29, 1.82) is 0 Å². The third-order valence-corrected chi connectivity index (χ3v) is 10.5. The lowest BCUT2D eigenvalue weighted by atomic mass is 10.1. The number of unbranched alkanes of at least 4 members (excludes halogenated alkanes) is 17. The quantitative estimate of drug-likeness (QED) is 0.0199. The molecule has 0 aliphatic carbocycles. The van der Waals surface area contributed by atoms with Gasteiger partial charge in [-0.3, -0.25) is 14.4 Å². The van der Waals surface area contributed by atoms with Crippen molar-refractivity contribution in [2.75, 3.05) is 13.2 Å². The van der Waals surface area contributed by atoms with E-state index in [9.17, 15) is 14.4 Å². The van der Waals surface area contributed by atoms with Crippen LogP contribution in [0, 0.1) is 0 Å². The molecule has 0 amide bonds. The average Bonchev–Trinajstić information content (AvgIpc) is 3.29. The van der Waals surface area contributed by atoms with Gasteiger partial charge in [-0.05, 0) is 109 Å². The number of allylic oxidation sites excluding steroid dienone is 18. The van der Waals surface area contributed by atoms with Crippen molar-refractivity contribution in [3.05, 3.63) is 109 Å². The van der Waals surface area contributed by atoms with E-state index in [-0.39, 0.29) is 37.5 Å². The molecule has 0 saturated carbocycles. The van der Waals surface area contributed by atoms with Crippen LogP contribution in [0.3, 0.4) is 0 Å². The molecule has 0 bridgehead atoms. The summed E-state index contributed by atoms with van der Waals surface area (Å²) in [5.41, 5.74) is 0. The zero-order valence-electron chi connectivity index (χ0n) is 41.3. The van der Waals surface area contributed by atoms with Gasteiger partial charge in [0, 0.05) is 19.3 Å². The molecule has 0 spiro atoms. The number of ether oxygens (including phenoxy) is 3. The van der Waals surface area contributed by atoms with Crippen molar-refractivity contribution in [2.24, 2.45) is 0 Å². The summed E-state index contributed by atoms with van der Waals surface area (Å²) in [5.74, 6) is -1.03. The van der Waals surface area contributed by atoms with E-state index in [1.807, 2.05) is 12.2 Å². The highest BCUT2D eigenvalue weighted by atomic mass is 16.6. The molecule has 1 unspecified atom stereocenters. The van der Waals surface area contributed by atoms with Crippen LogP contribution in [0.15, 0.2) is 109 Å². The molecule has 64 heavy (non-hydrogen) atoms. The second-order valence-electron chi connectivity index (χ2n) is 16.7. The fourth-order valence-electron chi connectivity index (χ4n) is 6.63. The minimum absolute atomic E-state index is 0.112. The summed E-state index contributed by atoms with van der Waals surface area (Å²) in [6.45, 7) is 6.37. The normalized spacial score (nSPS) is 13.0. The lowest BCUT2D eigenvalue weighted by Crippen LogP contribution is -2.30. The molecule has 0 rings (SSSR count). The van der Waals surface area contributed by atoms with Crippen LogP contribution in [0.5, 0.6) is 0 Å². The molecule has 1 atom stereocenters. The summed E-state index contributed by atoms with van der Waals surface area (Å²) in [5, 5.41) is 0. The van der Waals surface area contributed by atoms with Gasteiger partial charge in [-0.15, -0.1) is 0 Å². The lowest BCUT2D eigenvalue weighted by Gasteiger charge is -2.18. The Balaban J connectivity index is 4.54. The Bertz CT molecular complexity index is 1340. The predicted molar refractivity (Wildman–Crippen MR) is 274 cm³/mol. The van der Waals surface area contributed by atoms with Gasteiger partial charge >= 0.3 is 17.9 Å². The Morgan fingerprint density at radius 3 is 1.14 bits per heavy atom. The van der Waals surface area contributed by atoms with Crippen molar-refractivity contribution >= 4 is 17.9 Å². The fraction of sp³-hybridized carbons (Fsp3) is 0.638. The molecule has 0 aromatic heterocycles. The Labute approximate surface area is 393 Å². The first-order valence-corrected chi connectivity index (χ1v) is 25.9. The van der Waals surface area contributed by atoms with Gasteiger partial charge < -0.3 is 14.2 Å². The smallest absolute Gasteiger partial charge is 0.306 e. The van der Waals surface area contributed by atoms with E-state index >= 15 is 0 Å². The standard InChI is InChI=1S/C58H94O6/c1-4-7-10-13-16-19-22-25-27-28-29-30-32-33-36-39-42-45-48-51-57(60)63-54-55(53-62-56(59)50-47-44-41-38-35-24-21-18-15-12-9-6-3)64-58(61)52-49-46-43-40-37-34-31-26-23-20-17-14-11-8-5-2/h7,10,16-21,23,25-27,29-30,33,36,42,45,55H,4-6,8-9,11-15,22,24,28,31-32,34-35,37-41,43-44,46-54H2,1-3H3/b10-7-,19-16-,20-17-,21-18-,26-23-,27-25-,30-29-,36-33-,45-42-. The molecular formula is C58H94O6. The van der Waals surface area contributed by atoms with Gasteiger partial charge in [-0.2, -0.15) is 0 Å². The van der Waals surface area contributed by atoms with Gasteiger partial charge in [0.05, 0.1) is 0 Å². The number of rotatable bonds is 45. The van der Waals surface area contributed by atoms with Gasteiger partial charge in [-0.25, -0.2) is 0 Å². The van der Waals surface area contributed by atoms with E-state index in [1.54, 1.807) is 0 Å². The maximum Gasteiger partial charge on any atom is 0.306 e. The highest BCUT2D eigenvalue weighted by Gasteiger charge is 2.19.